The summed E-state index contributed by atoms with van der Waals surface area (Å²) in [5.41, 5.74) is 0. The second-order valence-electron chi connectivity index (χ2n) is 3.92. The number of hydrogen-bond donors (Lipinski definition) is 3. The quantitative estimate of drug-likeness (QED) is 0.290. The van der Waals surface area contributed by atoms with Crippen LogP contribution in [0.5, 0.6) is 0 Å². The van der Waals surface area contributed by atoms with Gasteiger partial charge in [-0.3, -0.25) is 10.1 Å². The molecule has 3 atom stereocenters. The van der Waals surface area contributed by atoms with Gasteiger partial charge in [0.05, 0.1) is 6.61 Å². The van der Waals surface area contributed by atoms with E-state index in [9.17, 15) is 14.4 Å². The second kappa shape index (κ2) is 9.23. The van der Waals surface area contributed by atoms with E-state index in [1.54, 1.807) is 0 Å². The maximum absolute atomic E-state index is 11.5. The lowest BCUT2D eigenvalue weighted by atomic mass is 10.3. The Morgan fingerprint density at radius 1 is 1.00 bits per heavy atom. The van der Waals surface area contributed by atoms with E-state index in [4.69, 9.17) is 15.1 Å². The highest BCUT2D eigenvalue weighted by Crippen LogP contribution is 2.02. The normalized spacial score (nSPS) is 14.8. The molecule has 0 bridgehead atoms. The molecule has 0 saturated carbocycles. The lowest BCUT2D eigenvalue weighted by Crippen LogP contribution is -2.40. The number of carbonyl (C=O) groups excluding carboxylic acids is 3. The Kier molecular flexibility index (Phi) is 8.45. The largest absolute Gasteiger partial charge is 0.450 e. The van der Waals surface area contributed by atoms with Crippen LogP contribution < -0.4 is 5.32 Å². The maximum Gasteiger partial charge on any atom is 0.347 e. The molecule has 0 radical (unpaired) electrons. The van der Waals surface area contributed by atoms with Crippen molar-refractivity contribution in [3.63, 3.8) is 0 Å². The van der Waals surface area contributed by atoms with Crippen LogP contribution in [0.15, 0.2) is 0 Å². The molecule has 0 rings (SSSR count). The van der Waals surface area contributed by atoms with Gasteiger partial charge >= 0.3 is 11.9 Å². The fraction of sp³-hybridized carbons (Fsp3) is 0.727. The summed E-state index contributed by atoms with van der Waals surface area (Å²) in [6, 6.07) is 0. The summed E-state index contributed by atoms with van der Waals surface area (Å²) < 4.78 is 9.43. The first-order valence-corrected chi connectivity index (χ1v) is 5.93. The summed E-state index contributed by atoms with van der Waals surface area (Å²) in [7, 11) is 0. The minimum absolute atomic E-state index is 0.0383. The van der Waals surface area contributed by atoms with Gasteiger partial charge < -0.3 is 19.9 Å². The minimum atomic E-state index is -1.26. The molecule has 0 fully saturated rings. The van der Waals surface area contributed by atoms with Gasteiger partial charge in [-0.2, -0.15) is 0 Å². The molecule has 0 aliphatic rings. The number of aliphatic hydroxyl groups excluding tert-OH is 1. The van der Waals surface area contributed by atoms with Crippen molar-refractivity contribution in [2.75, 3.05) is 13.2 Å². The first-order valence-electron chi connectivity index (χ1n) is 5.93. The lowest BCUT2D eigenvalue weighted by Gasteiger charge is -2.17. The van der Waals surface area contributed by atoms with Gasteiger partial charge in [-0.1, -0.05) is 0 Å². The first kappa shape index (κ1) is 18.3. The third-order valence-electron chi connectivity index (χ3n) is 2.19. The number of nitrogens with one attached hydrogen (secondary N) is 1. The second-order valence-corrected chi connectivity index (χ2v) is 3.92. The van der Waals surface area contributed by atoms with E-state index in [0.717, 1.165) is 0 Å². The molecule has 3 unspecified atom stereocenters. The zero-order valence-corrected chi connectivity index (χ0v) is 11.5. The smallest absolute Gasteiger partial charge is 0.347 e. The summed E-state index contributed by atoms with van der Waals surface area (Å²) in [6.45, 7) is 3.61. The van der Waals surface area contributed by atoms with Gasteiger partial charge in [-0.25, -0.2) is 14.5 Å². The number of rotatable bonds is 8. The molecular weight excluding hydrogens is 274 g/mol. The molecule has 20 heavy (non-hydrogen) atoms. The number of hydrogen-bond acceptors (Lipinski definition) is 8. The molecule has 3 N–H and O–H groups in total. The van der Waals surface area contributed by atoms with Crippen LogP contribution in [0.4, 0.5) is 0 Å². The monoisotopic (exact) mass is 293 g/mol. The van der Waals surface area contributed by atoms with Crippen molar-refractivity contribution in [1.82, 2.24) is 5.32 Å². The van der Waals surface area contributed by atoms with Crippen LogP contribution in [0.2, 0.25) is 0 Å². The summed E-state index contributed by atoms with van der Waals surface area (Å²) in [5.74, 6) is -2.46. The predicted molar refractivity (Wildman–Crippen MR) is 64.4 cm³/mol. The van der Waals surface area contributed by atoms with E-state index < -0.39 is 36.2 Å². The molecule has 0 spiro atoms. The number of amides is 1. The van der Waals surface area contributed by atoms with E-state index in [0.29, 0.717) is 0 Å². The minimum Gasteiger partial charge on any atom is -0.450 e. The zero-order chi connectivity index (χ0) is 15.7. The van der Waals surface area contributed by atoms with Gasteiger partial charge in [0.25, 0.3) is 5.91 Å². The van der Waals surface area contributed by atoms with Crippen LogP contribution in [-0.2, 0) is 28.7 Å². The first-order chi connectivity index (χ1) is 9.33. The van der Waals surface area contributed by atoms with Crippen molar-refractivity contribution < 1.29 is 39.1 Å². The number of carbonyl (C=O) groups is 3. The Morgan fingerprint density at radius 2 is 1.50 bits per heavy atom. The van der Waals surface area contributed by atoms with Gasteiger partial charge in [-0.15, -0.1) is 0 Å². The number of esters is 2. The average molecular weight is 293 g/mol. The van der Waals surface area contributed by atoms with Crippen LogP contribution >= 0.6 is 0 Å². The Hall–Kier alpha value is -1.71. The topological polar surface area (TPSA) is 131 Å². The fourth-order valence-corrected chi connectivity index (χ4v) is 1.01. The third kappa shape index (κ3) is 6.45. The Bertz CT molecular complexity index is 345. The molecular formula is C11H19NO8. The molecule has 9 nitrogen and oxygen atoms in total. The molecule has 0 aromatic carbocycles. The molecule has 116 valence electrons. The number of ether oxygens (including phenoxy) is 2. The maximum atomic E-state index is 11.5. The molecule has 0 aromatic rings. The van der Waals surface area contributed by atoms with Crippen LogP contribution in [0.1, 0.15) is 20.8 Å². The zero-order valence-electron chi connectivity index (χ0n) is 11.5. The molecule has 0 saturated heterocycles. The average Bonchev–Trinajstić information content (AvgIpc) is 2.43. The van der Waals surface area contributed by atoms with Gasteiger partial charge in [0.2, 0.25) is 0 Å². The van der Waals surface area contributed by atoms with Crippen molar-refractivity contribution in [1.29, 1.82) is 0 Å². The van der Waals surface area contributed by atoms with Crippen LogP contribution in [0.25, 0.3) is 0 Å². The van der Waals surface area contributed by atoms with Crippen molar-refractivity contribution in [3.05, 3.63) is 0 Å². The molecule has 0 aromatic heterocycles. The molecule has 1 amide bonds. The van der Waals surface area contributed by atoms with E-state index in [2.05, 4.69) is 14.9 Å². The van der Waals surface area contributed by atoms with Gasteiger partial charge in [0.1, 0.15) is 0 Å². The third-order valence-corrected chi connectivity index (χ3v) is 2.19. The summed E-state index contributed by atoms with van der Waals surface area (Å²) in [5, 5.41) is 19.1. The highest BCUT2D eigenvalue weighted by atomic mass is 17.1. The van der Waals surface area contributed by atoms with Gasteiger partial charge in [0.15, 0.2) is 18.3 Å². The molecule has 9 heteroatoms. The van der Waals surface area contributed by atoms with Crippen molar-refractivity contribution >= 4 is 17.8 Å². The fourth-order valence-electron chi connectivity index (χ4n) is 1.01. The van der Waals surface area contributed by atoms with Crippen LogP contribution in [0.3, 0.4) is 0 Å². The highest BCUT2D eigenvalue weighted by molar-refractivity contribution is 5.85. The van der Waals surface area contributed by atoms with E-state index in [1.165, 1.54) is 20.8 Å². The predicted octanol–water partition coefficient (Wildman–Crippen LogP) is -1.16. The Morgan fingerprint density at radius 3 is 2.00 bits per heavy atom. The van der Waals surface area contributed by atoms with Crippen molar-refractivity contribution in [3.8, 4) is 0 Å². The standard InChI is InChI=1S/C11H19NO8/c1-6(9(14)12-4-5-13)18-10(15)7(2)19-11(16)8(3)20-17/h6-8,13,17H,4-5H2,1-3H3,(H,12,14). The SMILES string of the molecule is CC(OC(=O)C(C)OC(=O)C(C)OO)C(=O)NCCO. The Balaban J connectivity index is 4.25. The highest BCUT2D eigenvalue weighted by Gasteiger charge is 2.26. The van der Waals surface area contributed by atoms with Crippen LogP contribution in [0, 0.1) is 0 Å². The lowest BCUT2D eigenvalue weighted by molar-refractivity contribution is -0.274. The van der Waals surface area contributed by atoms with E-state index in [1.807, 2.05) is 0 Å². The van der Waals surface area contributed by atoms with Crippen LogP contribution in [-0.4, -0.2) is 59.7 Å². The summed E-state index contributed by atoms with van der Waals surface area (Å²) in [4.78, 5) is 37.9. The Labute approximate surface area is 115 Å². The van der Waals surface area contributed by atoms with Gasteiger partial charge in [0, 0.05) is 6.54 Å². The number of aliphatic hydroxyl groups is 1. The van der Waals surface area contributed by atoms with Crippen molar-refractivity contribution in [2.45, 2.75) is 39.1 Å². The summed E-state index contributed by atoms with van der Waals surface area (Å²) in [6.07, 6.45) is -3.59. The molecule has 0 aliphatic heterocycles. The van der Waals surface area contributed by atoms with Crippen molar-refractivity contribution in [2.24, 2.45) is 0 Å². The molecule has 0 aliphatic carbocycles. The molecule has 0 heterocycles. The van der Waals surface area contributed by atoms with Gasteiger partial charge in [-0.05, 0) is 20.8 Å². The van der Waals surface area contributed by atoms with E-state index >= 15 is 0 Å². The summed E-state index contributed by atoms with van der Waals surface area (Å²) >= 11 is 0. The van der Waals surface area contributed by atoms with E-state index in [-0.39, 0.29) is 13.2 Å².